The molecule has 1 saturated carbocycles. The van der Waals surface area contributed by atoms with Crippen LogP contribution in [0.4, 0.5) is 4.39 Å². The maximum Gasteiger partial charge on any atom is 0.137 e. The van der Waals surface area contributed by atoms with Gasteiger partial charge < -0.3 is 5.11 Å². The van der Waals surface area contributed by atoms with Crippen LogP contribution in [0.15, 0.2) is 22.7 Å². The zero-order valence-electron chi connectivity index (χ0n) is 8.63. The largest absolute Gasteiger partial charge is 0.390 e. The molecule has 1 aromatic carbocycles. The van der Waals surface area contributed by atoms with Gasteiger partial charge in [0.2, 0.25) is 0 Å². The van der Waals surface area contributed by atoms with Crippen LogP contribution in [0.1, 0.15) is 25.3 Å². The highest BCUT2D eigenvalue weighted by atomic mass is 79.9. The predicted octanol–water partition coefficient (Wildman–Crippen LogP) is 3.29. The lowest BCUT2D eigenvalue weighted by molar-refractivity contribution is -0.0667. The molecule has 1 N–H and O–H groups in total. The van der Waals surface area contributed by atoms with Gasteiger partial charge >= 0.3 is 0 Å². The Bertz CT molecular complexity index is 372. The van der Waals surface area contributed by atoms with Gasteiger partial charge in [0.15, 0.2) is 0 Å². The van der Waals surface area contributed by atoms with Crippen LogP contribution in [-0.4, -0.2) is 10.7 Å². The maximum atomic E-state index is 13.2. The molecule has 82 valence electrons. The van der Waals surface area contributed by atoms with E-state index in [1.54, 1.807) is 6.07 Å². The molecular weight excluding hydrogens is 259 g/mol. The third-order valence-corrected chi connectivity index (χ3v) is 3.90. The molecule has 0 aromatic heterocycles. The highest BCUT2D eigenvalue weighted by Gasteiger charge is 2.40. The summed E-state index contributed by atoms with van der Waals surface area (Å²) in [5.74, 6) is 0.325. The standard InChI is InChI=1S/C12H14BrFO/c1-8-5-12(15,6-8)7-9-3-2-4-10(14)11(9)13/h2-4,8,15H,5-7H2,1H3. The summed E-state index contributed by atoms with van der Waals surface area (Å²) in [6, 6.07) is 4.95. The van der Waals surface area contributed by atoms with Gasteiger partial charge in [0.1, 0.15) is 5.82 Å². The van der Waals surface area contributed by atoms with E-state index >= 15 is 0 Å². The first-order valence-corrected chi connectivity index (χ1v) is 5.95. The van der Waals surface area contributed by atoms with E-state index in [1.807, 2.05) is 6.07 Å². The van der Waals surface area contributed by atoms with E-state index in [9.17, 15) is 9.50 Å². The van der Waals surface area contributed by atoms with E-state index in [-0.39, 0.29) is 5.82 Å². The number of rotatable bonds is 2. The quantitative estimate of drug-likeness (QED) is 0.876. The Labute approximate surface area is 97.4 Å². The van der Waals surface area contributed by atoms with Crippen molar-refractivity contribution in [3.8, 4) is 0 Å². The topological polar surface area (TPSA) is 20.2 Å². The molecule has 3 heteroatoms. The van der Waals surface area contributed by atoms with Crippen molar-refractivity contribution < 1.29 is 9.50 Å². The SMILES string of the molecule is CC1CC(O)(Cc2cccc(F)c2Br)C1. The van der Waals surface area contributed by atoms with Gasteiger partial charge in [-0.25, -0.2) is 4.39 Å². The van der Waals surface area contributed by atoms with Gasteiger partial charge in [-0.15, -0.1) is 0 Å². The third-order valence-electron chi connectivity index (χ3n) is 3.01. The van der Waals surface area contributed by atoms with Crippen LogP contribution in [0, 0.1) is 11.7 Å². The zero-order chi connectivity index (χ0) is 11.1. The molecule has 1 fully saturated rings. The average Bonchev–Trinajstić information content (AvgIpc) is 2.11. The molecule has 1 aliphatic rings. The van der Waals surface area contributed by atoms with Crippen molar-refractivity contribution in [3.05, 3.63) is 34.1 Å². The van der Waals surface area contributed by atoms with Crippen molar-refractivity contribution in [2.75, 3.05) is 0 Å². The Morgan fingerprint density at radius 2 is 2.20 bits per heavy atom. The fourth-order valence-electron chi connectivity index (χ4n) is 2.42. The highest BCUT2D eigenvalue weighted by molar-refractivity contribution is 9.10. The minimum Gasteiger partial charge on any atom is -0.390 e. The third kappa shape index (κ3) is 2.23. The lowest BCUT2D eigenvalue weighted by Gasteiger charge is -2.42. The Hall–Kier alpha value is -0.410. The van der Waals surface area contributed by atoms with E-state index in [0.717, 1.165) is 18.4 Å². The fraction of sp³-hybridized carbons (Fsp3) is 0.500. The normalized spacial score (nSPS) is 30.0. The van der Waals surface area contributed by atoms with Crippen molar-refractivity contribution in [1.82, 2.24) is 0 Å². The van der Waals surface area contributed by atoms with Crippen LogP contribution in [0.5, 0.6) is 0 Å². The Kier molecular flexibility index (Phi) is 2.86. The number of hydrogen-bond acceptors (Lipinski definition) is 1. The van der Waals surface area contributed by atoms with Crippen LogP contribution < -0.4 is 0 Å². The van der Waals surface area contributed by atoms with Crippen molar-refractivity contribution in [2.24, 2.45) is 5.92 Å². The minimum absolute atomic E-state index is 0.261. The molecule has 0 saturated heterocycles. The molecule has 0 spiro atoms. The van der Waals surface area contributed by atoms with Crippen molar-refractivity contribution >= 4 is 15.9 Å². The first-order chi connectivity index (χ1) is 7.00. The second kappa shape index (κ2) is 3.87. The summed E-state index contributed by atoms with van der Waals surface area (Å²) < 4.78 is 13.7. The van der Waals surface area contributed by atoms with Crippen molar-refractivity contribution in [3.63, 3.8) is 0 Å². The Morgan fingerprint density at radius 1 is 1.53 bits per heavy atom. The van der Waals surface area contributed by atoms with E-state index in [1.165, 1.54) is 6.07 Å². The molecule has 1 nitrogen and oxygen atoms in total. The maximum absolute atomic E-state index is 13.2. The Balaban J connectivity index is 2.15. The molecule has 0 unspecified atom stereocenters. The molecule has 2 rings (SSSR count). The number of aliphatic hydroxyl groups is 1. The molecule has 1 aromatic rings. The molecule has 0 amide bonds. The van der Waals surface area contributed by atoms with Crippen LogP contribution in [-0.2, 0) is 6.42 Å². The molecule has 0 bridgehead atoms. The van der Waals surface area contributed by atoms with E-state index in [4.69, 9.17) is 0 Å². The minimum atomic E-state index is -0.615. The van der Waals surface area contributed by atoms with Gasteiger partial charge in [0.25, 0.3) is 0 Å². The summed E-state index contributed by atoms with van der Waals surface area (Å²) >= 11 is 3.22. The second-order valence-corrected chi connectivity index (χ2v) is 5.42. The summed E-state index contributed by atoms with van der Waals surface area (Å²) in [4.78, 5) is 0. The highest BCUT2D eigenvalue weighted by Crippen LogP contribution is 2.40. The lowest BCUT2D eigenvalue weighted by Crippen LogP contribution is -2.44. The molecule has 0 atom stereocenters. The summed E-state index contributed by atoms with van der Waals surface area (Å²) in [5, 5.41) is 10.1. The monoisotopic (exact) mass is 272 g/mol. The second-order valence-electron chi connectivity index (χ2n) is 4.63. The lowest BCUT2D eigenvalue weighted by atomic mass is 9.69. The van der Waals surface area contributed by atoms with Gasteiger partial charge in [-0.3, -0.25) is 0 Å². The van der Waals surface area contributed by atoms with E-state index < -0.39 is 5.60 Å². The molecule has 0 aliphatic heterocycles. The molecule has 15 heavy (non-hydrogen) atoms. The predicted molar refractivity (Wildman–Crippen MR) is 61.2 cm³/mol. The van der Waals surface area contributed by atoms with Crippen molar-refractivity contribution in [1.29, 1.82) is 0 Å². The summed E-state index contributed by atoms with van der Waals surface area (Å²) in [5.41, 5.74) is 0.236. The van der Waals surface area contributed by atoms with Gasteiger partial charge in [0, 0.05) is 6.42 Å². The zero-order valence-corrected chi connectivity index (χ0v) is 10.2. The van der Waals surface area contributed by atoms with Crippen molar-refractivity contribution in [2.45, 2.75) is 31.8 Å². The molecule has 0 radical (unpaired) electrons. The number of benzene rings is 1. The Morgan fingerprint density at radius 3 is 2.80 bits per heavy atom. The van der Waals surface area contributed by atoms with E-state index in [2.05, 4.69) is 22.9 Å². The average molecular weight is 273 g/mol. The van der Waals surface area contributed by atoms with Gasteiger partial charge in [-0.05, 0) is 46.3 Å². The molecular formula is C12H14BrFO. The molecule has 0 heterocycles. The van der Waals surface area contributed by atoms with Gasteiger partial charge in [-0.2, -0.15) is 0 Å². The van der Waals surface area contributed by atoms with Crippen LogP contribution in [0.3, 0.4) is 0 Å². The summed E-state index contributed by atoms with van der Waals surface area (Å²) in [6.07, 6.45) is 2.17. The summed E-state index contributed by atoms with van der Waals surface area (Å²) in [7, 11) is 0. The summed E-state index contributed by atoms with van der Waals surface area (Å²) in [6.45, 7) is 2.12. The molecule has 1 aliphatic carbocycles. The van der Waals surface area contributed by atoms with Gasteiger partial charge in [-0.1, -0.05) is 19.1 Å². The van der Waals surface area contributed by atoms with Crippen LogP contribution in [0.2, 0.25) is 0 Å². The number of halogens is 2. The first-order valence-electron chi connectivity index (χ1n) is 5.15. The van der Waals surface area contributed by atoms with E-state index in [0.29, 0.717) is 16.8 Å². The van der Waals surface area contributed by atoms with Gasteiger partial charge in [0.05, 0.1) is 10.1 Å². The smallest absolute Gasteiger partial charge is 0.137 e. The number of hydrogen-bond donors (Lipinski definition) is 1. The first kappa shape index (κ1) is 11.1. The van der Waals surface area contributed by atoms with Crippen LogP contribution >= 0.6 is 15.9 Å². The fourth-order valence-corrected chi connectivity index (χ4v) is 2.83. The van der Waals surface area contributed by atoms with Crippen LogP contribution in [0.25, 0.3) is 0 Å².